The SMILES string of the molecule is Nc1ccccc1CC(=O)N1CCCCO1. The van der Waals surface area contributed by atoms with Crippen LogP contribution in [0.2, 0.25) is 0 Å². The van der Waals surface area contributed by atoms with Crippen molar-refractivity contribution < 1.29 is 9.63 Å². The minimum Gasteiger partial charge on any atom is -0.398 e. The zero-order valence-electron chi connectivity index (χ0n) is 9.19. The zero-order valence-corrected chi connectivity index (χ0v) is 9.19. The lowest BCUT2D eigenvalue weighted by Crippen LogP contribution is -2.36. The van der Waals surface area contributed by atoms with Crippen molar-refractivity contribution >= 4 is 11.6 Å². The molecule has 0 saturated carbocycles. The number of carbonyl (C=O) groups excluding carboxylic acids is 1. The van der Waals surface area contributed by atoms with Crippen LogP contribution in [0.3, 0.4) is 0 Å². The Morgan fingerprint density at radius 3 is 2.88 bits per heavy atom. The Kier molecular flexibility index (Phi) is 3.41. The van der Waals surface area contributed by atoms with Crippen LogP contribution >= 0.6 is 0 Å². The van der Waals surface area contributed by atoms with Crippen molar-refractivity contribution in [2.24, 2.45) is 0 Å². The molecule has 16 heavy (non-hydrogen) atoms. The lowest BCUT2D eigenvalue weighted by atomic mass is 10.1. The first-order valence-corrected chi connectivity index (χ1v) is 5.54. The monoisotopic (exact) mass is 220 g/mol. The number of benzene rings is 1. The fraction of sp³-hybridized carbons (Fsp3) is 0.417. The van der Waals surface area contributed by atoms with E-state index in [0.29, 0.717) is 25.3 Å². The number of nitrogen functional groups attached to an aromatic ring is 1. The van der Waals surface area contributed by atoms with Gasteiger partial charge in [-0.2, -0.15) is 0 Å². The summed E-state index contributed by atoms with van der Waals surface area (Å²) in [5, 5.41) is 1.45. The number of amides is 1. The van der Waals surface area contributed by atoms with Gasteiger partial charge >= 0.3 is 0 Å². The normalized spacial score (nSPS) is 16.1. The van der Waals surface area contributed by atoms with Gasteiger partial charge in [-0.25, -0.2) is 5.06 Å². The highest BCUT2D eigenvalue weighted by molar-refractivity contribution is 5.79. The van der Waals surface area contributed by atoms with Gasteiger partial charge in [-0.1, -0.05) is 18.2 Å². The topological polar surface area (TPSA) is 55.6 Å². The average molecular weight is 220 g/mol. The Labute approximate surface area is 94.9 Å². The largest absolute Gasteiger partial charge is 0.398 e. The highest BCUT2D eigenvalue weighted by atomic mass is 16.7. The molecule has 1 aromatic carbocycles. The number of para-hydroxylation sites is 1. The number of rotatable bonds is 2. The fourth-order valence-corrected chi connectivity index (χ4v) is 1.74. The molecule has 2 rings (SSSR count). The van der Waals surface area contributed by atoms with E-state index in [1.165, 1.54) is 5.06 Å². The smallest absolute Gasteiger partial charge is 0.250 e. The second-order valence-electron chi connectivity index (χ2n) is 3.91. The number of hydroxylamine groups is 2. The maximum Gasteiger partial charge on any atom is 0.250 e. The highest BCUT2D eigenvalue weighted by Crippen LogP contribution is 2.14. The first kappa shape index (κ1) is 11.0. The van der Waals surface area contributed by atoms with E-state index in [2.05, 4.69) is 0 Å². The average Bonchev–Trinajstić information content (AvgIpc) is 2.33. The van der Waals surface area contributed by atoms with Crippen LogP contribution in [0, 0.1) is 0 Å². The molecule has 1 amide bonds. The summed E-state index contributed by atoms with van der Waals surface area (Å²) >= 11 is 0. The minimum absolute atomic E-state index is 0.0161. The molecule has 1 heterocycles. The van der Waals surface area contributed by atoms with Crippen molar-refractivity contribution in [3.05, 3.63) is 29.8 Å². The quantitative estimate of drug-likeness (QED) is 0.766. The molecule has 4 heteroatoms. The lowest BCUT2D eigenvalue weighted by Gasteiger charge is -2.26. The second-order valence-corrected chi connectivity index (χ2v) is 3.91. The number of hydrogen-bond acceptors (Lipinski definition) is 3. The van der Waals surface area contributed by atoms with Crippen LogP contribution < -0.4 is 5.73 Å². The van der Waals surface area contributed by atoms with Gasteiger partial charge < -0.3 is 5.73 Å². The van der Waals surface area contributed by atoms with E-state index in [0.717, 1.165) is 18.4 Å². The summed E-state index contributed by atoms with van der Waals surface area (Å²) in [5.74, 6) is -0.0161. The third kappa shape index (κ3) is 2.52. The molecule has 0 atom stereocenters. The Morgan fingerprint density at radius 2 is 2.19 bits per heavy atom. The molecule has 2 N–H and O–H groups in total. The maximum absolute atomic E-state index is 11.9. The Hall–Kier alpha value is -1.55. The molecule has 0 bridgehead atoms. The van der Waals surface area contributed by atoms with Gasteiger partial charge in [0.25, 0.3) is 5.91 Å². The van der Waals surface area contributed by atoms with Crippen molar-refractivity contribution in [2.45, 2.75) is 19.3 Å². The molecule has 1 aliphatic rings. The first-order valence-electron chi connectivity index (χ1n) is 5.54. The summed E-state index contributed by atoms with van der Waals surface area (Å²) < 4.78 is 0. The summed E-state index contributed by atoms with van der Waals surface area (Å²) in [6.45, 7) is 1.32. The third-order valence-electron chi connectivity index (χ3n) is 2.68. The van der Waals surface area contributed by atoms with Gasteiger partial charge in [-0.05, 0) is 24.5 Å². The molecule has 0 spiro atoms. The number of anilines is 1. The first-order chi connectivity index (χ1) is 7.77. The van der Waals surface area contributed by atoms with Gasteiger partial charge in [0.15, 0.2) is 0 Å². The zero-order chi connectivity index (χ0) is 11.4. The molecule has 1 aromatic rings. The van der Waals surface area contributed by atoms with E-state index in [1.54, 1.807) is 6.07 Å². The van der Waals surface area contributed by atoms with Gasteiger partial charge in [0.05, 0.1) is 13.0 Å². The van der Waals surface area contributed by atoms with Crippen molar-refractivity contribution in [3.63, 3.8) is 0 Å². The van der Waals surface area contributed by atoms with E-state index < -0.39 is 0 Å². The highest BCUT2D eigenvalue weighted by Gasteiger charge is 2.18. The van der Waals surface area contributed by atoms with Crippen LogP contribution in [0.1, 0.15) is 18.4 Å². The molecule has 4 nitrogen and oxygen atoms in total. The summed E-state index contributed by atoms with van der Waals surface area (Å²) in [5.41, 5.74) is 7.31. The van der Waals surface area contributed by atoms with Crippen molar-refractivity contribution in [2.75, 3.05) is 18.9 Å². The maximum atomic E-state index is 11.9. The van der Waals surface area contributed by atoms with Crippen LogP contribution in [0.25, 0.3) is 0 Å². The van der Waals surface area contributed by atoms with E-state index >= 15 is 0 Å². The van der Waals surface area contributed by atoms with E-state index in [9.17, 15) is 4.79 Å². The molecule has 1 fully saturated rings. The van der Waals surface area contributed by atoms with E-state index in [-0.39, 0.29) is 5.91 Å². The molecule has 1 aliphatic heterocycles. The molecule has 0 aromatic heterocycles. The van der Waals surface area contributed by atoms with Crippen molar-refractivity contribution in [1.82, 2.24) is 5.06 Å². The van der Waals surface area contributed by atoms with Crippen LogP contribution in [-0.2, 0) is 16.1 Å². The van der Waals surface area contributed by atoms with Crippen molar-refractivity contribution in [1.29, 1.82) is 0 Å². The van der Waals surface area contributed by atoms with Gasteiger partial charge in [0.1, 0.15) is 0 Å². The summed E-state index contributed by atoms with van der Waals surface area (Å²) in [4.78, 5) is 17.2. The number of nitrogens with two attached hydrogens (primary N) is 1. The van der Waals surface area contributed by atoms with Gasteiger partial charge in [0, 0.05) is 12.2 Å². The third-order valence-corrected chi connectivity index (χ3v) is 2.68. The van der Waals surface area contributed by atoms with Crippen LogP contribution in [0.15, 0.2) is 24.3 Å². The molecule has 0 radical (unpaired) electrons. The molecular formula is C12H16N2O2. The summed E-state index contributed by atoms with van der Waals surface area (Å²) in [7, 11) is 0. The standard InChI is InChI=1S/C12H16N2O2/c13-11-6-2-1-5-10(11)9-12(15)14-7-3-4-8-16-14/h1-2,5-6H,3-4,7-9,13H2. The summed E-state index contributed by atoms with van der Waals surface area (Å²) in [6.07, 6.45) is 2.35. The number of nitrogens with zero attached hydrogens (tertiary/aromatic N) is 1. The van der Waals surface area contributed by atoms with E-state index in [4.69, 9.17) is 10.6 Å². The van der Waals surface area contributed by atoms with E-state index in [1.807, 2.05) is 18.2 Å². The molecule has 0 unspecified atom stereocenters. The van der Waals surface area contributed by atoms with Crippen LogP contribution in [0.5, 0.6) is 0 Å². The van der Waals surface area contributed by atoms with Crippen LogP contribution in [-0.4, -0.2) is 24.1 Å². The lowest BCUT2D eigenvalue weighted by molar-refractivity contribution is -0.196. The Morgan fingerprint density at radius 1 is 1.38 bits per heavy atom. The second kappa shape index (κ2) is 4.99. The minimum atomic E-state index is -0.0161. The molecule has 86 valence electrons. The Balaban J connectivity index is 1.99. The fourth-order valence-electron chi connectivity index (χ4n) is 1.74. The number of hydrogen-bond donors (Lipinski definition) is 1. The molecular weight excluding hydrogens is 204 g/mol. The predicted octanol–water partition coefficient (Wildman–Crippen LogP) is 1.37. The molecule has 0 aliphatic carbocycles. The Bertz CT molecular complexity index is 373. The molecule has 1 saturated heterocycles. The predicted molar refractivity (Wildman–Crippen MR) is 61.5 cm³/mol. The van der Waals surface area contributed by atoms with Crippen molar-refractivity contribution in [3.8, 4) is 0 Å². The van der Waals surface area contributed by atoms with Gasteiger partial charge in [0.2, 0.25) is 0 Å². The van der Waals surface area contributed by atoms with Crippen LogP contribution in [0.4, 0.5) is 5.69 Å². The van der Waals surface area contributed by atoms with Gasteiger partial charge in [-0.3, -0.25) is 9.63 Å². The number of carbonyl (C=O) groups is 1. The summed E-state index contributed by atoms with van der Waals surface area (Å²) in [6, 6.07) is 7.42. The van der Waals surface area contributed by atoms with Gasteiger partial charge in [-0.15, -0.1) is 0 Å².